The van der Waals surface area contributed by atoms with Gasteiger partial charge in [-0.1, -0.05) is 23.7 Å². The molecule has 1 aromatic rings. The van der Waals surface area contributed by atoms with E-state index in [-0.39, 0.29) is 12.2 Å². The van der Waals surface area contributed by atoms with E-state index < -0.39 is 16.8 Å². The maximum Gasteiger partial charge on any atom is 0.304 e. The van der Waals surface area contributed by atoms with Crippen molar-refractivity contribution in [2.24, 2.45) is 0 Å². The van der Waals surface area contributed by atoms with E-state index in [1.807, 2.05) is 0 Å². The molecule has 0 aliphatic heterocycles. The van der Waals surface area contributed by atoms with Crippen LogP contribution in [-0.4, -0.2) is 21.0 Å². The third-order valence-electron chi connectivity index (χ3n) is 1.58. The Morgan fingerprint density at radius 2 is 2.07 bits per heavy atom. The zero-order valence-corrected chi connectivity index (χ0v) is 8.85. The lowest BCUT2D eigenvalue weighted by Crippen LogP contribution is -2.05. The highest BCUT2D eigenvalue weighted by Gasteiger charge is 2.09. The van der Waals surface area contributed by atoms with Gasteiger partial charge in [-0.3, -0.25) is 9.00 Å². The number of carboxylic acids is 1. The molecule has 14 heavy (non-hydrogen) atoms. The SMILES string of the molecule is O=C(O)CCS(=O)c1ccccc1Cl. The van der Waals surface area contributed by atoms with Gasteiger partial charge in [0.1, 0.15) is 0 Å². The summed E-state index contributed by atoms with van der Waals surface area (Å²) in [6.45, 7) is 0. The van der Waals surface area contributed by atoms with Crippen LogP contribution in [0.3, 0.4) is 0 Å². The van der Waals surface area contributed by atoms with Crippen molar-refractivity contribution in [2.75, 3.05) is 5.75 Å². The van der Waals surface area contributed by atoms with E-state index in [1.54, 1.807) is 24.3 Å². The zero-order valence-electron chi connectivity index (χ0n) is 7.27. The van der Waals surface area contributed by atoms with Crippen LogP contribution in [0.15, 0.2) is 29.2 Å². The maximum atomic E-state index is 11.5. The van der Waals surface area contributed by atoms with E-state index in [2.05, 4.69) is 0 Å². The van der Waals surface area contributed by atoms with Gasteiger partial charge in [0.25, 0.3) is 0 Å². The predicted octanol–water partition coefficient (Wildman–Crippen LogP) is 1.92. The van der Waals surface area contributed by atoms with Crippen LogP contribution >= 0.6 is 11.6 Å². The van der Waals surface area contributed by atoms with Crippen LogP contribution in [0.5, 0.6) is 0 Å². The molecule has 0 aromatic heterocycles. The van der Waals surface area contributed by atoms with E-state index in [9.17, 15) is 9.00 Å². The van der Waals surface area contributed by atoms with Crippen LogP contribution in [0.1, 0.15) is 6.42 Å². The topological polar surface area (TPSA) is 54.4 Å². The monoisotopic (exact) mass is 232 g/mol. The summed E-state index contributed by atoms with van der Waals surface area (Å²) in [7, 11) is -1.33. The Morgan fingerprint density at radius 3 is 2.64 bits per heavy atom. The zero-order chi connectivity index (χ0) is 10.6. The molecule has 0 spiro atoms. The number of aliphatic carboxylic acids is 1. The molecule has 0 aliphatic carbocycles. The number of hydrogen-bond donors (Lipinski definition) is 1. The van der Waals surface area contributed by atoms with Gasteiger partial charge in [0.15, 0.2) is 0 Å². The summed E-state index contributed by atoms with van der Waals surface area (Å²) in [6.07, 6.45) is -0.113. The number of benzene rings is 1. The predicted molar refractivity (Wildman–Crippen MR) is 55.0 cm³/mol. The number of rotatable bonds is 4. The van der Waals surface area contributed by atoms with E-state index in [1.165, 1.54) is 0 Å². The van der Waals surface area contributed by atoms with Crippen molar-refractivity contribution in [3.8, 4) is 0 Å². The van der Waals surface area contributed by atoms with Crippen molar-refractivity contribution in [1.82, 2.24) is 0 Å². The molecule has 0 saturated carbocycles. The number of hydrogen-bond acceptors (Lipinski definition) is 2. The molecular weight excluding hydrogens is 224 g/mol. The smallest absolute Gasteiger partial charge is 0.304 e. The van der Waals surface area contributed by atoms with Crippen LogP contribution in [0.4, 0.5) is 0 Å². The molecule has 3 nitrogen and oxygen atoms in total. The summed E-state index contributed by atoms with van der Waals surface area (Å²) in [5.41, 5.74) is 0. The first kappa shape index (κ1) is 11.2. The summed E-state index contributed by atoms with van der Waals surface area (Å²) >= 11 is 5.79. The van der Waals surface area contributed by atoms with Crippen molar-refractivity contribution in [3.05, 3.63) is 29.3 Å². The molecule has 1 aromatic carbocycles. The molecule has 0 radical (unpaired) electrons. The Balaban J connectivity index is 2.70. The third kappa shape index (κ3) is 3.12. The number of halogens is 1. The minimum atomic E-state index is -1.33. The first-order valence-corrected chi connectivity index (χ1v) is 5.65. The van der Waals surface area contributed by atoms with Gasteiger partial charge in [-0.15, -0.1) is 0 Å². The van der Waals surface area contributed by atoms with E-state index in [4.69, 9.17) is 16.7 Å². The second kappa shape index (κ2) is 5.12. The van der Waals surface area contributed by atoms with Crippen molar-refractivity contribution >= 4 is 28.4 Å². The summed E-state index contributed by atoms with van der Waals surface area (Å²) in [5, 5.41) is 8.82. The molecule has 0 amide bonds. The number of carboxylic acid groups (broad SMARTS) is 1. The quantitative estimate of drug-likeness (QED) is 0.863. The lowest BCUT2D eigenvalue weighted by Gasteiger charge is -2.01. The Labute approximate surface area is 89.2 Å². The lowest BCUT2D eigenvalue weighted by molar-refractivity contribution is -0.136. The molecule has 0 saturated heterocycles. The normalized spacial score (nSPS) is 12.4. The average molecular weight is 233 g/mol. The van der Waals surface area contributed by atoms with Gasteiger partial charge in [-0.05, 0) is 12.1 Å². The molecule has 0 fully saturated rings. The van der Waals surface area contributed by atoms with Crippen molar-refractivity contribution in [3.63, 3.8) is 0 Å². The van der Waals surface area contributed by atoms with Crippen molar-refractivity contribution in [1.29, 1.82) is 0 Å². The first-order chi connectivity index (χ1) is 6.61. The fourth-order valence-electron chi connectivity index (χ4n) is 0.919. The fraction of sp³-hybridized carbons (Fsp3) is 0.222. The standard InChI is InChI=1S/C9H9ClO3S/c10-7-3-1-2-4-8(7)14(13)6-5-9(11)12/h1-4H,5-6H2,(H,11,12). The molecular formula is C9H9ClO3S. The summed E-state index contributed by atoms with van der Waals surface area (Å²) in [4.78, 5) is 10.7. The minimum absolute atomic E-state index is 0.0963. The molecule has 1 unspecified atom stereocenters. The molecule has 1 atom stereocenters. The summed E-state index contributed by atoms with van der Waals surface area (Å²) < 4.78 is 11.5. The lowest BCUT2D eigenvalue weighted by atomic mass is 10.4. The van der Waals surface area contributed by atoms with Gasteiger partial charge < -0.3 is 5.11 Å². The molecule has 76 valence electrons. The molecule has 5 heteroatoms. The van der Waals surface area contributed by atoms with Crippen molar-refractivity contribution < 1.29 is 14.1 Å². The van der Waals surface area contributed by atoms with Crippen LogP contribution < -0.4 is 0 Å². The van der Waals surface area contributed by atoms with Crippen LogP contribution in [0.2, 0.25) is 5.02 Å². The molecule has 0 heterocycles. The minimum Gasteiger partial charge on any atom is -0.481 e. The Morgan fingerprint density at radius 1 is 1.43 bits per heavy atom. The van der Waals surface area contributed by atoms with Gasteiger partial charge in [0.05, 0.1) is 27.1 Å². The van der Waals surface area contributed by atoms with Crippen LogP contribution in [0, 0.1) is 0 Å². The van der Waals surface area contributed by atoms with Gasteiger partial charge in [0.2, 0.25) is 0 Å². The second-order valence-corrected chi connectivity index (χ2v) is 4.57. The van der Waals surface area contributed by atoms with Gasteiger partial charge in [-0.25, -0.2) is 0 Å². The Bertz CT molecular complexity index is 365. The average Bonchev–Trinajstić information content (AvgIpc) is 2.15. The summed E-state index contributed by atoms with van der Waals surface area (Å²) in [5.74, 6) is -0.857. The van der Waals surface area contributed by atoms with Crippen LogP contribution in [0.25, 0.3) is 0 Å². The largest absolute Gasteiger partial charge is 0.481 e. The highest BCUT2D eigenvalue weighted by Crippen LogP contribution is 2.19. The maximum absolute atomic E-state index is 11.5. The summed E-state index contributed by atoms with van der Waals surface area (Å²) in [6, 6.07) is 6.73. The fourth-order valence-corrected chi connectivity index (χ4v) is 2.41. The molecule has 0 bridgehead atoms. The van der Waals surface area contributed by atoms with Crippen LogP contribution in [-0.2, 0) is 15.6 Å². The second-order valence-electron chi connectivity index (χ2n) is 2.62. The highest BCUT2D eigenvalue weighted by molar-refractivity contribution is 7.85. The van der Waals surface area contributed by atoms with E-state index in [0.717, 1.165) is 0 Å². The molecule has 1 N–H and O–H groups in total. The Kier molecular flexibility index (Phi) is 4.10. The van der Waals surface area contributed by atoms with Gasteiger partial charge in [-0.2, -0.15) is 0 Å². The third-order valence-corrected chi connectivity index (χ3v) is 3.45. The first-order valence-electron chi connectivity index (χ1n) is 3.96. The van der Waals surface area contributed by atoms with E-state index in [0.29, 0.717) is 9.92 Å². The van der Waals surface area contributed by atoms with Gasteiger partial charge in [0, 0.05) is 5.75 Å². The Hall–Kier alpha value is -0.870. The highest BCUT2D eigenvalue weighted by atomic mass is 35.5. The van der Waals surface area contributed by atoms with Crippen molar-refractivity contribution in [2.45, 2.75) is 11.3 Å². The molecule has 0 aliphatic rings. The number of carbonyl (C=O) groups is 1. The van der Waals surface area contributed by atoms with Gasteiger partial charge >= 0.3 is 5.97 Å². The molecule has 1 rings (SSSR count). The van der Waals surface area contributed by atoms with E-state index >= 15 is 0 Å².